The van der Waals surface area contributed by atoms with Crippen molar-refractivity contribution in [3.8, 4) is 0 Å². The van der Waals surface area contributed by atoms with E-state index < -0.39 is 12.0 Å². The van der Waals surface area contributed by atoms with E-state index in [1.807, 2.05) is 6.92 Å². The summed E-state index contributed by atoms with van der Waals surface area (Å²) >= 11 is 0. The molecule has 0 bridgehead atoms. The number of nitrogens with one attached hydrogen (secondary N) is 2. The van der Waals surface area contributed by atoms with E-state index in [9.17, 15) is 9.59 Å². The zero-order valence-electron chi connectivity index (χ0n) is 13.4. The first-order valence-corrected chi connectivity index (χ1v) is 8.30. The molecule has 1 aliphatic carbocycles. The molecule has 1 saturated carbocycles. The molecule has 0 spiro atoms. The Morgan fingerprint density at radius 2 is 1.90 bits per heavy atom. The van der Waals surface area contributed by atoms with Gasteiger partial charge in [0.05, 0.1) is 0 Å². The van der Waals surface area contributed by atoms with Crippen LogP contribution >= 0.6 is 0 Å². The molecular weight excluding hydrogens is 268 g/mol. The molecule has 3 N–H and O–H groups in total. The molecule has 0 aliphatic heterocycles. The van der Waals surface area contributed by atoms with E-state index in [0.717, 1.165) is 25.2 Å². The van der Waals surface area contributed by atoms with Gasteiger partial charge in [0.15, 0.2) is 0 Å². The number of carbonyl (C=O) groups excluding carboxylic acids is 1. The second kappa shape index (κ2) is 9.64. The lowest BCUT2D eigenvalue weighted by atomic mass is 9.81. The average molecular weight is 298 g/mol. The van der Waals surface area contributed by atoms with E-state index in [-0.39, 0.29) is 6.03 Å². The zero-order valence-corrected chi connectivity index (χ0v) is 13.4. The molecule has 21 heavy (non-hydrogen) atoms. The summed E-state index contributed by atoms with van der Waals surface area (Å²) in [5, 5.41) is 14.4. The van der Waals surface area contributed by atoms with Crippen molar-refractivity contribution in [2.24, 2.45) is 11.8 Å². The van der Waals surface area contributed by atoms with E-state index in [1.54, 1.807) is 0 Å². The van der Waals surface area contributed by atoms with Crippen molar-refractivity contribution in [1.29, 1.82) is 0 Å². The van der Waals surface area contributed by atoms with Crippen molar-refractivity contribution >= 4 is 12.0 Å². The Kier molecular flexibility index (Phi) is 8.16. The molecule has 2 amide bonds. The smallest absolute Gasteiger partial charge is 0.326 e. The Bertz CT molecular complexity index is 325. The number of carbonyl (C=O) groups is 2. The minimum absolute atomic E-state index is 0.359. The first-order valence-electron chi connectivity index (χ1n) is 8.30. The quantitative estimate of drug-likeness (QED) is 0.644. The summed E-state index contributed by atoms with van der Waals surface area (Å²) in [6.07, 6.45) is 8.28. The molecule has 5 nitrogen and oxygen atoms in total. The minimum Gasteiger partial charge on any atom is -0.480 e. The van der Waals surface area contributed by atoms with Crippen molar-refractivity contribution in [3.05, 3.63) is 0 Å². The number of urea groups is 1. The largest absolute Gasteiger partial charge is 0.480 e. The van der Waals surface area contributed by atoms with Crippen molar-refractivity contribution in [2.45, 2.75) is 71.3 Å². The van der Waals surface area contributed by atoms with Gasteiger partial charge < -0.3 is 15.7 Å². The second-order valence-corrected chi connectivity index (χ2v) is 6.35. The van der Waals surface area contributed by atoms with Crippen LogP contribution in [0.25, 0.3) is 0 Å². The normalized spacial score (nSPS) is 23.3. The van der Waals surface area contributed by atoms with Crippen molar-refractivity contribution in [3.63, 3.8) is 0 Å². The van der Waals surface area contributed by atoms with Crippen LogP contribution < -0.4 is 10.6 Å². The number of amides is 2. The van der Waals surface area contributed by atoms with Gasteiger partial charge in [-0.15, -0.1) is 0 Å². The average Bonchev–Trinajstić information content (AvgIpc) is 2.45. The maximum Gasteiger partial charge on any atom is 0.326 e. The van der Waals surface area contributed by atoms with Crippen LogP contribution in [0.15, 0.2) is 0 Å². The first-order chi connectivity index (χ1) is 10.0. The maximum absolute atomic E-state index is 11.7. The van der Waals surface area contributed by atoms with Gasteiger partial charge in [-0.3, -0.25) is 0 Å². The van der Waals surface area contributed by atoms with Gasteiger partial charge in [0.1, 0.15) is 6.04 Å². The topological polar surface area (TPSA) is 78.4 Å². The summed E-state index contributed by atoms with van der Waals surface area (Å²) < 4.78 is 0. The minimum atomic E-state index is -0.958. The number of unbranched alkanes of at least 4 members (excludes halogenated alkanes) is 1. The van der Waals surface area contributed by atoms with Crippen molar-refractivity contribution < 1.29 is 14.7 Å². The van der Waals surface area contributed by atoms with E-state index in [0.29, 0.717) is 18.9 Å². The summed E-state index contributed by atoms with van der Waals surface area (Å²) in [4.78, 5) is 22.8. The van der Waals surface area contributed by atoms with Crippen molar-refractivity contribution in [2.75, 3.05) is 6.54 Å². The van der Waals surface area contributed by atoms with Gasteiger partial charge in [0.25, 0.3) is 0 Å². The molecule has 5 heteroatoms. The number of aliphatic carboxylic acids is 1. The predicted octanol–water partition coefficient (Wildman–Crippen LogP) is 3.15. The number of carboxylic acids is 1. The summed E-state index contributed by atoms with van der Waals surface area (Å²) in [6.45, 7) is 4.93. The van der Waals surface area contributed by atoms with Gasteiger partial charge in [-0.1, -0.05) is 52.4 Å². The molecule has 122 valence electrons. The number of rotatable bonds is 8. The number of hydrogen-bond donors (Lipinski definition) is 3. The highest BCUT2D eigenvalue weighted by atomic mass is 16.4. The molecule has 0 aromatic rings. The summed E-state index contributed by atoms with van der Waals surface area (Å²) in [7, 11) is 0. The van der Waals surface area contributed by atoms with E-state index in [2.05, 4.69) is 17.6 Å². The fourth-order valence-electron chi connectivity index (χ4n) is 2.88. The van der Waals surface area contributed by atoms with Crippen LogP contribution in [0.3, 0.4) is 0 Å². The third-order valence-corrected chi connectivity index (χ3v) is 4.42. The molecule has 0 aromatic heterocycles. The van der Waals surface area contributed by atoms with Gasteiger partial charge >= 0.3 is 12.0 Å². The monoisotopic (exact) mass is 298 g/mol. The molecule has 0 heterocycles. The lowest BCUT2D eigenvalue weighted by molar-refractivity contribution is -0.139. The van der Waals surface area contributed by atoms with Crippen LogP contribution in [-0.2, 0) is 4.79 Å². The third-order valence-electron chi connectivity index (χ3n) is 4.42. The van der Waals surface area contributed by atoms with E-state index in [4.69, 9.17) is 5.11 Å². The molecule has 0 saturated heterocycles. The third kappa shape index (κ3) is 7.34. The van der Waals surface area contributed by atoms with Crippen LogP contribution in [0, 0.1) is 11.8 Å². The van der Waals surface area contributed by atoms with Gasteiger partial charge in [-0.25, -0.2) is 9.59 Å². The summed E-state index contributed by atoms with van der Waals surface area (Å²) in [5.41, 5.74) is 0. The fraction of sp³-hybridized carbons (Fsp3) is 0.875. The highest BCUT2D eigenvalue weighted by Crippen LogP contribution is 2.29. The first kappa shape index (κ1) is 17.8. The molecule has 1 atom stereocenters. The number of hydrogen-bond acceptors (Lipinski definition) is 2. The fourth-order valence-corrected chi connectivity index (χ4v) is 2.88. The van der Waals surface area contributed by atoms with Crippen LogP contribution in [0.1, 0.15) is 65.2 Å². The van der Waals surface area contributed by atoms with Crippen molar-refractivity contribution in [1.82, 2.24) is 10.6 Å². The Hall–Kier alpha value is -1.26. The Morgan fingerprint density at radius 1 is 1.24 bits per heavy atom. The lowest BCUT2D eigenvalue weighted by Gasteiger charge is -2.26. The molecule has 1 aliphatic rings. The molecule has 1 fully saturated rings. The standard InChI is InChI=1S/C16H30N2O3/c1-3-4-5-14(15(19)20)18-16(21)17-11-10-13-8-6-12(2)7-9-13/h12-14H,3-11H2,1-2H3,(H,19,20)(H2,17,18,21). The van der Waals surface area contributed by atoms with Crippen LogP contribution in [-0.4, -0.2) is 29.7 Å². The Morgan fingerprint density at radius 3 is 2.48 bits per heavy atom. The van der Waals surface area contributed by atoms with Crippen LogP contribution in [0.2, 0.25) is 0 Å². The van der Waals surface area contributed by atoms with Gasteiger partial charge in [-0.2, -0.15) is 0 Å². The number of carboxylic acid groups (broad SMARTS) is 1. The molecule has 1 unspecified atom stereocenters. The highest BCUT2D eigenvalue weighted by molar-refractivity contribution is 5.82. The second-order valence-electron chi connectivity index (χ2n) is 6.35. The van der Waals surface area contributed by atoms with E-state index >= 15 is 0 Å². The predicted molar refractivity (Wildman–Crippen MR) is 83.2 cm³/mol. The summed E-state index contributed by atoms with van der Waals surface area (Å²) in [6, 6.07) is -1.14. The lowest BCUT2D eigenvalue weighted by Crippen LogP contribution is -2.46. The maximum atomic E-state index is 11.7. The van der Waals surface area contributed by atoms with E-state index in [1.165, 1.54) is 25.7 Å². The molecule has 0 radical (unpaired) electrons. The SMILES string of the molecule is CCCCC(NC(=O)NCCC1CCC(C)CC1)C(=O)O. The highest BCUT2D eigenvalue weighted by Gasteiger charge is 2.20. The van der Waals surface area contributed by atoms with Crippen LogP contribution in [0.5, 0.6) is 0 Å². The van der Waals surface area contributed by atoms with Crippen LogP contribution in [0.4, 0.5) is 4.79 Å². The summed E-state index contributed by atoms with van der Waals surface area (Å²) in [5.74, 6) is 0.587. The molecular formula is C16H30N2O3. The molecule has 0 aromatic carbocycles. The zero-order chi connectivity index (χ0) is 15.7. The van der Waals surface area contributed by atoms with Gasteiger partial charge in [0.2, 0.25) is 0 Å². The van der Waals surface area contributed by atoms with Gasteiger partial charge in [-0.05, 0) is 24.7 Å². The Labute approximate surface area is 127 Å². The van der Waals surface area contributed by atoms with Gasteiger partial charge in [0, 0.05) is 6.54 Å². The molecule has 1 rings (SSSR count). The Balaban J connectivity index is 2.18.